The van der Waals surface area contributed by atoms with E-state index in [4.69, 9.17) is 6.42 Å². The quantitative estimate of drug-likeness (QED) is 0.112. The monoisotopic (exact) mass is 779 g/mol. The molecular formula is C42H61N5O7S. The Kier molecular flexibility index (Phi) is 14.8. The summed E-state index contributed by atoms with van der Waals surface area (Å²) in [6, 6.07) is 4.06. The molecule has 4 rings (SSSR count). The molecule has 1 unspecified atom stereocenters. The van der Waals surface area contributed by atoms with Gasteiger partial charge in [0.1, 0.15) is 12.1 Å². The molecule has 4 atom stereocenters. The van der Waals surface area contributed by atoms with Crippen LogP contribution in [0, 0.1) is 30.1 Å². The van der Waals surface area contributed by atoms with Crippen molar-refractivity contribution in [2.24, 2.45) is 17.8 Å². The van der Waals surface area contributed by atoms with Crippen LogP contribution in [-0.4, -0.2) is 90.1 Å². The minimum absolute atomic E-state index is 0.0372. The number of hydrogen-bond donors (Lipinski definition) is 4. The smallest absolute Gasteiger partial charge is 0.315 e. The van der Waals surface area contributed by atoms with Crippen LogP contribution in [0.5, 0.6) is 0 Å². The predicted molar refractivity (Wildman–Crippen MR) is 213 cm³/mol. The van der Waals surface area contributed by atoms with E-state index in [0.717, 1.165) is 30.4 Å². The summed E-state index contributed by atoms with van der Waals surface area (Å²) in [5.74, 6) is -0.818. The van der Waals surface area contributed by atoms with Crippen molar-refractivity contribution >= 4 is 39.4 Å². The molecule has 0 aromatic heterocycles. The summed E-state index contributed by atoms with van der Waals surface area (Å²) in [6.45, 7) is 12.9. The van der Waals surface area contributed by atoms with Gasteiger partial charge in [-0.05, 0) is 94.6 Å². The number of urea groups is 1. The molecule has 4 N–H and O–H groups in total. The van der Waals surface area contributed by atoms with Gasteiger partial charge in [0.25, 0.3) is 5.91 Å². The van der Waals surface area contributed by atoms with Crippen molar-refractivity contribution in [3.05, 3.63) is 48.0 Å². The van der Waals surface area contributed by atoms with Crippen LogP contribution in [0.3, 0.4) is 0 Å². The lowest BCUT2D eigenvalue weighted by Gasteiger charge is -2.40. The number of ketones is 1. The number of nitrogens with zero attached hydrogens (tertiary/aromatic N) is 1. The Morgan fingerprint density at radius 2 is 1.67 bits per heavy atom. The second-order valence-electron chi connectivity index (χ2n) is 17.0. The number of Topliss-reactive ketones (excluding diaryl/α,β-unsaturated/α-hetero) is 1. The van der Waals surface area contributed by atoms with E-state index in [1.165, 1.54) is 11.0 Å². The SMILES string of the molecule is C#CCCC(NC(=O)[C@@H]1[C@@H](CC(C)C)CCN1C(=O)[C@@H](NC(=O)NC1(CS(=O)(=O)C(C)(C)C)CCCCC1)C1Cc2ccccc2C1)C(=O)C(=O)NCC=C. The molecule has 0 spiro atoms. The molecule has 13 heteroatoms. The highest BCUT2D eigenvalue weighted by Gasteiger charge is 2.48. The van der Waals surface area contributed by atoms with Gasteiger partial charge in [-0.1, -0.05) is 63.5 Å². The van der Waals surface area contributed by atoms with Crippen LogP contribution < -0.4 is 21.3 Å². The molecule has 55 heavy (non-hydrogen) atoms. The summed E-state index contributed by atoms with van der Waals surface area (Å²) in [5, 5.41) is 11.3. The van der Waals surface area contributed by atoms with Gasteiger partial charge in [0.2, 0.25) is 17.6 Å². The first-order chi connectivity index (χ1) is 25.9. The summed E-state index contributed by atoms with van der Waals surface area (Å²) < 4.78 is 26.0. The lowest BCUT2D eigenvalue weighted by molar-refractivity contribution is -0.144. The molecule has 2 aliphatic carbocycles. The molecule has 0 radical (unpaired) electrons. The van der Waals surface area contributed by atoms with Crippen molar-refractivity contribution in [3.8, 4) is 12.3 Å². The second kappa shape index (κ2) is 18.6. The Labute approximate surface area is 327 Å². The highest BCUT2D eigenvalue weighted by atomic mass is 32.2. The maximum absolute atomic E-state index is 15.0. The first-order valence-corrected chi connectivity index (χ1v) is 21.4. The normalized spacial score (nSPS) is 20.8. The number of terminal acetylenes is 1. The molecule has 5 amide bonds. The van der Waals surface area contributed by atoms with Crippen molar-refractivity contribution < 1.29 is 32.4 Å². The zero-order valence-corrected chi connectivity index (χ0v) is 34.1. The lowest BCUT2D eigenvalue weighted by Crippen LogP contribution is -2.63. The van der Waals surface area contributed by atoms with E-state index in [1.807, 2.05) is 38.1 Å². The third kappa shape index (κ3) is 11.0. The van der Waals surface area contributed by atoms with Crippen LogP contribution in [0.15, 0.2) is 36.9 Å². The first kappa shape index (κ1) is 43.5. The first-order valence-electron chi connectivity index (χ1n) is 19.8. The summed E-state index contributed by atoms with van der Waals surface area (Å²) >= 11 is 0. The highest BCUT2D eigenvalue weighted by molar-refractivity contribution is 7.92. The Hall–Kier alpha value is -4.18. The van der Waals surface area contributed by atoms with Crippen LogP contribution in [0.25, 0.3) is 0 Å². The molecule has 1 saturated heterocycles. The topological polar surface area (TPSA) is 171 Å². The van der Waals surface area contributed by atoms with Gasteiger partial charge in [-0.15, -0.1) is 18.9 Å². The van der Waals surface area contributed by atoms with E-state index < -0.39 is 67.8 Å². The average molecular weight is 780 g/mol. The van der Waals surface area contributed by atoms with E-state index >= 15 is 0 Å². The molecule has 1 aromatic carbocycles. The van der Waals surface area contributed by atoms with Crippen molar-refractivity contribution in [1.29, 1.82) is 0 Å². The van der Waals surface area contributed by atoms with Gasteiger partial charge in [0, 0.05) is 19.5 Å². The molecule has 1 heterocycles. The van der Waals surface area contributed by atoms with Gasteiger partial charge in [0.05, 0.1) is 22.1 Å². The zero-order valence-electron chi connectivity index (χ0n) is 33.2. The fourth-order valence-corrected chi connectivity index (χ4v) is 9.92. The Morgan fingerprint density at radius 1 is 1.04 bits per heavy atom. The molecule has 1 aromatic rings. The fourth-order valence-electron chi connectivity index (χ4n) is 8.40. The van der Waals surface area contributed by atoms with Crippen molar-refractivity contribution in [1.82, 2.24) is 26.2 Å². The van der Waals surface area contributed by atoms with Crippen LogP contribution in [-0.2, 0) is 41.9 Å². The molecule has 1 aliphatic heterocycles. The number of carbonyl (C=O) groups is 5. The molecule has 12 nitrogen and oxygen atoms in total. The lowest BCUT2D eigenvalue weighted by atomic mass is 9.83. The number of likely N-dealkylation sites (tertiary alicyclic amines) is 1. The van der Waals surface area contributed by atoms with Crippen molar-refractivity contribution in [2.45, 2.75) is 134 Å². The number of carbonyl (C=O) groups excluding carboxylic acids is 5. The average Bonchev–Trinajstić information content (AvgIpc) is 3.74. The molecule has 302 valence electrons. The third-order valence-electron chi connectivity index (χ3n) is 11.4. The fraction of sp³-hybridized carbons (Fsp3) is 0.643. The van der Waals surface area contributed by atoms with E-state index in [1.54, 1.807) is 20.8 Å². The molecule has 1 saturated carbocycles. The Balaban J connectivity index is 1.66. The number of benzene rings is 1. The van der Waals surface area contributed by atoms with Gasteiger partial charge < -0.3 is 26.2 Å². The summed E-state index contributed by atoms with van der Waals surface area (Å²) in [4.78, 5) is 70.8. The van der Waals surface area contributed by atoms with Crippen molar-refractivity contribution in [3.63, 3.8) is 0 Å². The second-order valence-corrected chi connectivity index (χ2v) is 19.8. The van der Waals surface area contributed by atoms with Gasteiger partial charge in [0.15, 0.2) is 9.84 Å². The molecule has 0 bridgehead atoms. The van der Waals surface area contributed by atoms with Crippen molar-refractivity contribution in [2.75, 3.05) is 18.8 Å². The summed E-state index contributed by atoms with van der Waals surface area (Å²) in [5.41, 5.74) is 1.16. The van der Waals surface area contributed by atoms with Gasteiger partial charge in [-0.25, -0.2) is 13.2 Å². The van der Waals surface area contributed by atoms with E-state index in [2.05, 4.69) is 33.8 Å². The molecular weight excluding hydrogens is 719 g/mol. The van der Waals surface area contributed by atoms with Gasteiger partial charge in [-0.2, -0.15) is 0 Å². The Morgan fingerprint density at radius 3 is 2.24 bits per heavy atom. The van der Waals surface area contributed by atoms with E-state index in [-0.39, 0.29) is 49.4 Å². The number of nitrogens with one attached hydrogen (secondary N) is 4. The zero-order chi connectivity index (χ0) is 40.6. The minimum Gasteiger partial charge on any atom is -0.346 e. The molecule has 2 fully saturated rings. The maximum atomic E-state index is 15.0. The maximum Gasteiger partial charge on any atom is 0.315 e. The third-order valence-corrected chi connectivity index (χ3v) is 14.2. The molecule has 3 aliphatic rings. The van der Waals surface area contributed by atoms with Gasteiger partial charge in [-0.3, -0.25) is 19.2 Å². The largest absolute Gasteiger partial charge is 0.346 e. The van der Waals surface area contributed by atoms with Gasteiger partial charge >= 0.3 is 6.03 Å². The van der Waals surface area contributed by atoms with E-state index in [0.29, 0.717) is 38.5 Å². The number of rotatable bonds is 16. The Bertz CT molecular complexity index is 1710. The van der Waals surface area contributed by atoms with Crippen LogP contribution >= 0.6 is 0 Å². The predicted octanol–water partition coefficient (Wildman–Crippen LogP) is 4.02. The van der Waals surface area contributed by atoms with Crippen LogP contribution in [0.1, 0.15) is 104 Å². The van der Waals surface area contributed by atoms with Crippen LogP contribution in [0.2, 0.25) is 0 Å². The summed E-state index contributed by atoms with van der Waals surface area (Å²) in [6.07, 6.45) is 12.8. The minimum atomic E-state index is -3.60. The van der Waals surface area contributed by atoms with E-state index in [9.17, 15) is 32.4 Å². The highest BCUT2D eigenvalue weighted by Crippen LogP contribution is 2.36. The number of hydrogen-bond acceptors (Lipinski definition) is 7. The summed E-state index contributed by atoms with van der Waals surface area (Å²) in [7, 11) is -3.60. The van der Waals surface area contributed by atoms with Crippen LogP contribution in [0.4, 0.5) is 4.79 Å². The number of sulfone groups is 1. The number of amides is 5. The number of fused-ring (bicyclic) bond motifs is 1. The standard InChI is InChI=1S/C42H61N5O7S/c1-8-10-18-33(36(48)38(50)43-22-9-2)44-37(49)35-31(24-28(3)4)19-23-47(35)39(51)34(32-25-29-16-12-13-17-30(29)26-32)45-40(52)46-42(20-14-11-15-21-42)27-55(53,54)41(5,6)7/h1,9,12-13,16-17,28,31-35H,2,10-11,14-15,18-27H2,3-7H3,(H,43,50)(H,44,49)(H2,45,46,52)/t31-,33?,34+,35+/m1/s1.